The lowest BCUT2D eigenvalue weighted by molar-refractivity contribution is -0.123. The molecule has 1 N–H and O–H groups in total. The van der Waals surface area contributed by atoms with Crippen molar-refractivity contribution in [2.45, 2.75) is 20.3 Å². The van der Waals surface area contributed by atoms with Gasteiger partial charge in [0.25, 0.3) is 5.91 Å². The molecule has 1 saturated carbocycles. The molecule has 2 aliphatic carbocycles. The van der Waals surface area contributed by atoms with E-state index in [9.17, 15) is 14.4 Å². The van der Waals surface area contributed by atoms with Crippen LogP contribution in [0.15, 0.2) is 54.1 Å². The summed E-state index contributed by atoms with van der Waals surface area (Å²) in [5.41, 5.74) is 3.45. The van der Waals surface area contributed by atoms with Gasteiger partial charge in [0.05, 0.1) is 17.5 Å². The van der Waals surface area contributed by atoms with Crippen molar-refractivity contribution in [2.24, 2.45) is 23.7 Å². The van der Waals surface area contributed by atoms with Crippen LogP contribution in [0.4, 0.5) is 11.4 Å². The number of amides is 3. The van der Waals surface area contributed by atoms with E-state index in [1.54, 1.807) is 42.5 Å². The number of halogens is 1. The number of nitrogens with one attached hydrogen (secondary N) is 1. The Morgan fingerprint density at radius 1 is 1.07 bits per heavy atom. The third-order valence-electron chi connectivity index (χ3n) is 6.76. The van der Waals surface area contributed by atoms with Crippen molar-refractivity contribution in [3.8, 4) is 0 Å². The fraction of sp³-hybridized carbons (Fsp3) is 0.292. The number of hydrogen-bond donors (Lipinski definition) is 1. The molecule has 2 bridgehead atoms. The summed E-state index contributed by atoms with van der Waals surface area (Å²) < 4.78 is 0. The molecule has 2 aromatic rings. The highest BCUT2D eigenvalue weighted by Gasteiger charge is 2.60. The second kappa shape index (κ2) is 6.81. The van der Waals surface area contributed by atoms with Crippen LogP contribution in [0.2, 0.25) is 5.02 Å². The van der Waals surface area contributed by atoms with Crippen LogP contribution in [0.5, 0.6) is 0 Å². The van der Waals surface area contributed by atoms with Gasteiger partial charge in [-0.2, -0.15) is 0 Å². The van der Waals surface area contributed by atoms with E-state index in [-0.39, 0.29) is 41.4 Å². The Labute approximate surface area is 179 Å². The number of carbonyl (C=O) groups excluding carboxylic acids is 3. The lowest BCUT2D eigenvalue weighted by Gasteiger charge is -2.19. The highest BCUT2D eigenvalue weighted by atomic mass is 35.5. The second-order valence-electron chi connectivity index (χ2n) is 8.40. The minimum atomic E-state index is -0.320. The smallest absolute Gasteiger partial charge is 0.255 e. The molecule has 1 aliphatic heterocycles. The number of fused-ring (bicyclic) bond motifs is 5. The van der Waals surface area contributed by atoms with Crippen molar-refractivity contribution in [1.29, 1.82) is 0 Å². The minimum Gasteiger partial charge on any atom is -0.322 e. The highest BCUT2D eigenvalue weighted by molar-refractivity contribution is 6.31. The van der Waals surface area contributed by atoms with Crippen LogP contribution in [0.1, 0.15) is 29.3 Å². The number of anilines is 2. The highest BCUT2D eigenvalue weighted by Crippen LogP contribution is 2.55. The first-order valence-electron chi connectivity index (χ1n) is 10.1. The summed E-state index contributed by atoms with van der Waals surface area (Å²) in [6.45, 7) is 3.88. The van der Waals surface area contributed by atoms with Gasteiger partial charge in [0.1, 0.15) is 0 Å². The van der Waals surface area contributed by atoms with E-state index in [1.165, 1.54) is 10.5 Å². The maximum Gasteiger partial charge on any atom is 0.255 e. The SMILES string of the molecule is CC1=C[C@H]2C[C@H]1[C@@H]1C(=O)N(c3cccc(C(=O)Nc4cccc(Cl)c4C)c3)C(=O)[C@H]12. The van der Waals surface area contributed by atoms with Crippen molar-refractivity contribution < 1.29 is 14.4 Å². The van der Waals surface area contributed by atoms with Crippen molar-refractivity contribution >= 4 is 40.7 Å². The molecular weight excluding hydrogens is 400 g/mol. The van der Waals surface area contributed by atoms with Gasteiger partial charge in [0.2, 0.25) is 11.8 Å². The summed E-state index contributed by atoms with van der Waals surface area (Å²) in [5.74, 6) is -0.828. The Morgan fingerprint density at radius 3 is 2.60 bits per heavy atom. The van der Waals surface area contributed by atoms with Crippen molar-refractivity contribution in [2.75, 3.05) is 10.2 Å². The Morgan fingerprint density at radius 2 is 1.80 bits per heavy atom. The standard InChI is InChI=1S/C24H21ClN2O3/c1-12-9-15-11-17(12)21-20(15)23(29)27(24(21)30)16-6-3-5-14(10-16)22(28)26-19-8-4-7-18(25)13(19)2/h3-10,15,17,20-21H,11H2,1-2H3,(H,26,28)/t15-,17+,20-,21-/m0/s1. The molecule has 30 heavy (non-hydrogen) atoms. The van der Waals surface area contributed by atoms with Crippen LogP contribution in [-0.4, -0.2) is 17.7 Å². The topological polar surface area (TPSA) is 66.5 Å². The van der Waals surface area contributed by atoms with Crippen molar-refractivity contribution in [3.05, 3.63) is 70.3 Å². The van der Waals surface area contributed by atoms with Crippen molar-refractivity contribution in [3.63, 3.8) is 0 Å². The number of rotatable bonds is 3. The average Bonchev–Trinajstić information content (AvgIpc) is 3.36. The van der Waals surface area contributed by atoms with Gasteiger partial charge in [-0.3, -0.25) is 14.4 Å². The van der Waals surface area contributed by atoms with Crippen LogP contribution in [0.25, 0.3) is 0 Å². The van der Waals surface area contributed by atoms with Gasteiger partial charge in [-0.1, -0.05) is 35.4 Å². The molecule has 5 rings (SSSR count). The van der Waals surface area contributed by atoms with Gasteiger partial charge in [-0.05, 0) is 68.0 Å². The van der Waals surface area contributed by atoms with Crippen LogP contribution in [-0.2, 0) is 9.59 Å². The molecule has 2 fully saturated rings. The zero-order chi connectivity index (χ0) is 21.2. The molecule has 0 spiro atoms. The summed E-state index contributed by atoms with van der Waals surface area (Å²) >= 11 is 6.13. The Hall–Kier alpha value is -2.92. The van der Waals surface area contributed by atoms with Gasteiger partial charge >= 0.3 is 0 Å². The molecule has 0 aromatic heterocycles. The number of hydrogen-bond acceptors (Lipinski definition) is 3. The molecular formula is C24H21ClN2O3. The fourth-order valence-electron chi connectivity index (χ4n) is 5.25. The first-order chi connectivity index (χ1) is 14.4. The summed E-state index contributed by atoms with van der Waals surface area (Å²) in [6, 6.07) is 12.0. The maximum atomic E-state index is 13.2. The van der Waals surface area contributed by atoms with Gasteiger partial charge in [0.15, 0.2) is 0 Å². The number of carbonyl (C=O) groups is 3. The van der Waals surface area contributed by atoms with E-state index in [1.807, 2.05) is 13.8 Å². The predicted octanol–water partition coefficient (Wildman–Crippen LogP) is 4.60. The number of allylic oxidation sites excluding steroid dienone is 2. The Bertz CT molecular complexity index is 1140. The minimum absolute atomic E-state index is 0.145. The normalized spacial score (nSPS) is 26.8. The average molecular weight is 421 g/mol. The third-order valence-corrected chi connectivity index (χ3v) is 7.17. The van der Waals surface area contributed by atoms with E-state index in [4.69, 9.17) is 11.6 Å². The number of nitrogens with zero attached hydrogens (tertiary/aromatic N) is 1. The zero-order valence-electron chi connectivity index (χ0n) is 16.7. The summed E-state index contributed by atoms with van der Waals surface area (Å²) in [7, 11) is 0. The molecule has 0 radical (unpaired) electrons. The van der Waals surface area contributed by atoms with E-state index < -0.39 is 0 Å². The quantitative estimate of drug-likeness (QED) is 0.582. The largest absolute Gasteiger partial charge is 0.322 e. The molecule has 3 aliphatic rings. The molecule has 0 unspecified atom stereocenters. The molecule has 3 amide bonds. The number of benzene rings is 2. The first kappa shape index (κ1) is 19.1. The summed E-state index contributed by atoms with van der Waals surface area (Å²) in [6.07, 6.45) is 3.05. The lowest BCUT2D eigenvalue weighted by Crippen LogP contribution is -2.33. The molecule has 4 atom stereocenters. The molecule has 152 valence electrons. The Balaban J connectivity index is 1.42. The van der Waals surface area contributed by atoms with Gasteiger partial charge in [0, 0.05) is 16.3 Å². The van der Waals surface area contributed by atoms with Crippen LogP contribution < -0.4 is 10.2 Å². The van der Waals surface area contributed by atoms with Crippen molar-refractivity contribution in [1.82, 2.24) is 0 Å². The van der Waals surface area contributed by atoms with E-state index in [0.29, 0.717) is 22.0 Å². The third kappa shape index (κ3) is 2.72. The van der Waals surface area contributed by atoms with Crippen LogP contribution in [0, 0.1) is 30.6 Å². The molecule has 6 heteroatoms. The van der Waals surface area contributed by atoms with Crippen LogP contribution >= 0.6 is 11.6 Å². The summed E-state index contributed by atoms with van der Waals surface area (Å²) in [4.78, 5) is 40.3. The molecule has 2 aromatic carbocycles. The van der Waals surface area contributed by atoms with E-state index in [2.05, 4.69) is 11.4 Å². The fourth-order valence-corrected chi connectivity index (χ4v) is 5.43. The summed E-state index contributed by atoms with van der Waals surface area (Å²) in [5, 5.41) is 3.43. The molecule has 1 saturated heterocycles. The monoisotopic (exact) mass is 420 g/mol. The zero-order valence-corrected chi connectivity index (χ0v) is 17.4. The van der Waals surface area contributed by atoms with E-state index in [0.717, 1.165) is 12.0 Å². The first-order valence-corrected chi connectivity index (χ1v) is 10.5. The molecule has 5 nitrogen and oxygen atoms in total. The van der Waals surface area contributed by atoms with Gasteiger partial charge < -0.3 is 5.32 Å². The van der Waals surface area contributed by atoms with Gasteiger partial charge in [-0.15, -0.1) is 0 Å². The second-order valence-corrected chi connectivity index (χ2v) is 8.80. The number of imide groups is 1. The predicted molar refractivity (Wildman–Crippen MR) is 115 cm³/mol. The van der Waals surface area contributed by atoms with Gasteiger partial charge in [-0.25, -0.2) is 4.90 Å². The Kier molecular flexibility index (Phi) is 4.33. The lowest BCUT2D eigenvalue weighted by atomic mass is 9.82. The maximum absolute atomic E-state index is 13.2. The molecule has 1 heterocycles. The van der Waals surface area contributed by atoms with E-state index >= 15 is 0 Å². The van der Waals surface area contributed by atoms with Crippen LogP contribution in [0.3, 0.4) is 0 Å².